The fourth-order valence-corrected chi connectivity index (χ4v) is 3.06. The molecule has 2 aliphatic heterocycles. The van der Waals surface area contributed by atoms with Crippen molar-refractivity contribution in [2.24, 2.45) is 0 Å². The van der Waals surface area contributed by atoms with Crippen molar-refractivity contribution in [1.82, 2.24) is 4.90 Å². The van der Waals surface area contributed by atoms with Gasteiger partial charge in [-0.3, -0.25) is 14.5 Å². The zero-order valence-electron chi connectivity index (χ0n) is 8.16. The summed E-state index contributed by atoms with van der Waals surface area (Å²) >= 11 is 1.87. The van der Waals surface area contributed by atoms with Gasteiger partial charge >= 0.3 is 0 Å². The zero-order chi connectivity index (χ0) is 10.1. The average Bonchev–Trinajstić information content (AvgIpc) is 2.71. The van der Waals surface area contributed by atoms with Crippen LogP contribution in [0, 0.1) is 0 Å². The van der Waals surface area contributed by atoms with Crippen molar-refractivity contribution in [3.05, 3.63) is 11.6 Å². The Kier molecular flexibility index (Phi) is 2.63. The van der Waals surface area contributed by atoms with Gasteiger partial charge in [-0.15, -0.1) is 0 Å². The third-order valence-corrected chi connectivity index (χ3v) is 3.98. The van der Waals surface area contributed by atoms with E-state index in [-0.39, 0.29) is 11.8 Å². The Hall–Kier alpha value is -0.770. The van der Waals surface area contributed by atoms with Crippen molar-refractivity contribution in [3.8, 4) is 0 Å². The van der Waals surface area contributed by atoms with E-state index in [1.807, 2.05) is 11.8 Å². The van der Waals surface area contributed by atoms with Crippen LogP contribution in [0.25, 0.3) is 0 Å². The van der Waals surface area contributed by atoms with Crippen molar-refractivity contribution in [2.45, 2.75) is 25.0 Å². The van der Waals surface area contributed by atoms with Crippen LogP contribution in [-0.2, 0) is 9.59 Å². The molecule has 2 amide bonds. The third-order valence-electron chi connectivity index (χ3n) is 2.60. The monoisotopic (exact) mass is 211 g/mol. The Morgan fingerprint density at radius 3 is 2.86 bits per heavy atom. The predicted molar refractivity (Wildman–Crippen MR) is 56.0 cm³/mol. The molecule has 1 unspecified atom stereocenters. The summed E-state index contributed by atoms with van der Waals surface area (Å²) in [6.07, 6.45) is 3.76. The Labute approximate surface area is 87.5 Å². The highest BCUT2D eigenvalue weighted by atomic mass is 32.2. The standard InChI is InChI=1S/C10H13NO2S/c1-7-5-9(12)11(10(7)13)6-8-3-2-4-14-8/h5,8H,2-4,6H2,1H3. The van der Waals surface area contributed by atoms with E-state index < -0.39 is 0 Å². The van der Waals surface area contributed by atoms with E-state index in [0.717, 1.165) is 12.2 Å². The second-order valence-electron chi connectivity index (χ2n) is 3.72. The van der Waals surface area contributed by atoms with Gasteiger partial charge in [-0.2, -0.15) is 11.8 Å². The summed E-state index contributed by atoms with van der Waals surface area (Å²) in [7, 11) is 0. The molecule has 0 aromatic heterocycles. The summed E-state index contributed by atoms with van der Waals surface area (Å²) in [5, 5.41) is 0.460. The molecule has 0 radical (unpaired) electrons. The first-order valence-corrected chi connectivity index (χ1v) is 5.89. The van der Waals surface area contributed by atoms with Crippen molar-refractivity contribution in [1.29, 1.82) is 0 Å². The van der Waals surface area contributed by atoms with E-state index in [0.29, 0.717) is 17.4 Å². The van der Waals surface area contributed by atoms with Crippen molar-refractivity contribution in [2.75, 3.05) is 12.3 Å². The lowest BCUT2D eigenvalue weighted by atomic mass is 10.2. The van der Waals surface area contributed by atoms with Crippen LogP contribution in [0.3, 0.4) is 0 Å². The van der Waals surface area contributed by atoms with E-state index in [4.69, 9.17) is 0 Å². The van der Waals surface area contributed by atoms with Gasteiger partial charge in [-0.05, 0) is 25.5 Å². The van der Waals surface area contributed by atoms with Gasteiger partial charge in [0.05, 0.1) is 0 Å². The van der Waals surface area contributed by atoms with Gasteiger partial charge in [0.15, 0.2) is 0 Å². The van der Waals surface area contributed by atoms with Crippen LogP contribution in [0.5, 0.6) is 0 Å². The Morgan fingerprint density at radius 1 is 1.57 bits per heavy atom. The minimum Gasteiger partial charge on any atom is -0.274 e. The van der Waals surface area contributed by atoms with Crippen LogP contribution in [-0.4, -0.2) is 34.3 Å². The minimum atomic E-state index is -0.139. The molecular weight excluding hydrogens is 198 g/mol. The molecule has 1 fully saturated rings. The summed E-state index contributed by atoms with van der Waals surface area (Å²) in [4.78, 5) is 24.3. The molecule has 0 saturated carbocycles. The van der Waals surface area contributed by atoms with Gasteiger partial charge in [-0.1, -0.05) is 0 Å². The van der Waals surface area contributed by atoms with Crippen molar-refractivity contribution < 1.29 is 9.59 Å². The average molecular weight is 211 g/mol. The lowest BCUT2D eigenvalue weighted by molar-refractivity contribution is -0.137. The van der Waals surface area contributed by atoms with E-state index in [2.05, 4.69) is 0 Å². The smallest absolute Gasteiger partial charge is 0.256 e. The number of hydrogen-bond donors (Lipinski definition) is 0. The highest BCUT2D eigenvalue weighted by Crippen LogP contribution is 2.28. The number of nitrogens with zero attached hydrogens (tertiary/aromatic N) is 1. The van der Waals surface area contributed by atoms with Gasteiger partial charge < -0.3 is 0 Å². The molecule has 0 aromatic rings. The molecule has 0 aliphatic carbocycles. The number of amides is 2. The topological polar surface area (TPSA) is 37.4 Å². The first kappa shape index (κ1) is 9.77. The molecule has 2 rings (SSSR count). The fourth-order valence-electron chi connectivity index (χ4n) is 1.80. The molecule has 1 atom stereocenters. The maximum atomic E-state index is 11.5. The number of hydrogen-bond acceptors (Lipinski definition) is 3. The van der Waals surface area contributed by atoms with Gasteiger partial charge in [0.2, 0.25) is 0 Å². The summed E-state index contributed by atoms with van der Waals surface area (Å²) in [5.41, 5.74) is 0.568. The highest BCUT2D eigenvalue weighted by Gasteiger charge is 2.31. The van der Waals surface area contributed by atoms with E-state index in [9.17, 15) is 9.59 Å². The van der Waals surface area contributed by atoms with Crippen LogP contribution in [0.2, 0.25) is 0 Å². The maximum Gasteiger partial charge on any atom is 0.256 e. The third kappa shape index (κ3) is 1.71. The Bertz CT molecular complexity index is 305. The Balaban J connectivity index is 1.99. The van der Waals surface area contributed by atoms with Gasteiger partial charge in [0.25, 0.3) is 11.8 Å². The largest absolute Gasteiger partial charge is 0.274 e. The normalized spacial score (nSPS) is 27.4. The van der Waals surface area contributed by atoms with Crippen LogP contribution in [0.1, 0.15) is 19.8 Å². The molecular formula is C10H13NO2S. The van der Waals surface area contributed by atoms with E-state index >= 15 is 0 Å². The number of imide groups is 1. The number of carbonyl (C=O) groups excluding carboxylic acids is 2. The highest BCUT2D eigenvalue weighted by molar-refractivity contribution is 8.00. The van der Waals surface area contributed by atoms with Crippen molar-refractivity contribution >= 4 is 23.6 Å². The first-order chi connectivity index (χ1) is 6.68. The minimum absolute atomic E-state index is 0.109. The molecule has 0 N–H and O–H groups in total. The fraction of sp³-hybridized carbons (Fsp3) is 0.600. The molecule has 14 heavy (non-hydrogen) atoms. The van der Waals surface area contributed by atoms with Gasteiger partial charge in [-0.25, -0.2) is 0 Å². The SMILES string of the molecule is CC1=CC(=O)N(CC2CCCS2)C1=O. The van der Waals surface area contributed by atoms with Crippen LogP contribution in [0.4, 0.5) is 0 Å². The van der Waals surface area contributed by atoms with Crippen molar-refractivity contribution in [3.63, 3.8) is 0 Å². The molecule has 0 aromatic carbocycles. The number of thioether (sulfide) groups is 1. The molecule has 4 heteroatoms. The molecule has 1 saturated heterocycles. The molecule has 76 valence electrons. The maximum absolute atomic E-state index is 11.5. The summed E-state index contributed by atoms with van der Waals surface area (Å²) < 4.78 is 0. The second-order valence-corrected chi connectivity index (χ2v) is 5.12. The summed E-state index contributed by atoms with van der Waals surface area (Å²) in [6.45, 7) is 2.29. The van der Waals surface area contributed by atoms with Gasteiger partial charge in [0, 0.05) is 23.4 Å². The molecule has 3 nitrogen and oxygen atoms in total. The summed E-state index contributed by atoms with van der Waals surface area (Å²) in [5.74, 6) is 0.912. The predicted octanol–water partition coefficient (Wildman–Crippen LogP) is 1.20. The zero-order valence-corrected chi connectivity index (χ0v) is 8.97. The lowest BCUT2D eigenvalue weighted by Gasteiger charge is -2.18. The number of rotatable bonds is 2. The molecule has 0 spiro atoms. The molecule has 2 heterocycles. The van der Waals surface area contributed by atoms with E-state index in [1.165, 1.54) is 17.4 Å². The number of carbonyl (C=O) groups is 2. The van der Waals surface area contributed by atoms with Crippen LogP contribution >= 0.6 is 11.8 Å². The van der Waals surface area contributed by atoms with Gasteiger partial charge in [0.1, 0.15) is 0 Å². The summed E-state index contributed by atoms with van der Waals surface area (Å²) in [6, 6.07) is 0. The van der Waals surface area contributed by atoms with E-state index in [1.54, 1.807) is 6.92 Å². The second kappa shape index (κ2) is 3.77. The quantitative estimate of drug-likeness (QED) is 0.644. The van der Waals surface area contributed by atoms with Crippen LogP contribution < -0.4 is 0 Å². The first-order valence-electron chi connectivity index (χ1n) is 4.84. The molecule has 2 aliphatic rings. The Morgan fingerprint density at radius 2 is 2.36 bits per heavy atom. The van der Waals surface area contributed by atoms with Crippen LogP contribution in [0.15, 0.2) is 11.6 Å². The lowest BCUT2D eigenvalue weighted by Crippen LogP contribution is -2.35. The molecule has 0 bridgehead atoms.